The van der Waals surface area contributed by atoms with Gasteiger partial charge in [-0.05, 0) is 49.6 Å². The molecule has 94 valence electrons. The molecule has 1 unspecified atom stereocenters. The quantitative estimate of drug-likeness (QED) is 0.888. The molecule has 0 spiro atoms. The van der Waals surface area contributed by atoms with E-state index in [9.17, 15) is 0 Å². The molecule has 3 heteroatoms. The van der Waals surface area contributed by atoms with Gasteiger partial charge in [0.2, 0.25) is 0 Å². The van der Waals surface area contributed by atoms with Crippen LogP contribution in [0.15, 0.2) is 22.7 Å². The van der Waals surface area contributed by atoms with Crippen molar-refractivity contribution >= 4 is 21.6 Å². The maximum absolute atomic E-state index is 3.64. The molecule has 0 aliphatic carbocycles. The third kappa shape index (κ3) is 3.71. The smallest absolute Gasteiger partial charge is 0.0375 e. The van der Waals surface area contributed by atoms with Crippen LogP contribution in [0.5, 0.6) is 0 Å². The van der Waals surface area contributed by atoms with Gasteiger partial charge in [-0.3, -0.25) is 0 Å². The molecule has 1 atom stereocenters. The number of fused-ring (bicyclic) bond motifs is 1. The molecule has 2 rings (SSSR count). The van der Waals surface area contributed by atoms with Crippen LogP contribution in [0.25, 0.3) is 0 Å². The fraction of sp³-hybridized carbons (Fsp3) is 0.571. The van der Waals surface area contributed by atoms with Crippen LogP contribution in [0.1, 0.15) is 32.3 Å². The molecule has 0 saturated carbocycles. The van der Waals surface area contributed by atoms with Gasteiger partial charge in [-0.15, -0.1) is 0 Å². The van der Waals surface area contributed by atoms with Gasteiger partial charge in [0.05, 0.1) is 0 Å². The Hall–Kier alpha value is -0.540. The van der Waals surface area contributed by atoms with Crippen LogP contribution in [-0.4, -0.2) is 18.6 Å². The van der Waals surface area contributed by atoms with Gasteiger partial charge in [-0.25, -0.2) is 0 Å². The normalized spacial score (nSPS) is 18.9. The van der Waals surface area contributed by atoms with Gasteiger partial charge in [0, 0.05) is 22.2 Å². The predicted molar refractivity (Wildman–Crippen MR) is 77.6 cm³/mol. The molecule has 0 bridgehead atoms. The van der Waals surface area contributed by atoms with Crippen LogP contribution in [0, 0.1) is 0 Å². The van der Waals surface area contributed by atoms with E-state index in [0.29, 0.717) is 12.1 Å². The Morgan fingerprint density at radius 1 is 1.47 bits per heavy atom. The number of nitrogens with one attached hydrogen (secondary N) is 2. The van der Waals surface area contributed by atoms with E-state index in [-0.39, 0.29) is 0 Å². The second-order valence-corrected chi connectivity index (χ2v) is 5.99. The average molecular weight is 297 g/mol. The molecule has 1 aromatic carbocycles. The van der Waals surface area contributed by atoms with Gasteiger partial charge in [0.25, 0.3) is 0 Å². The molecule has 0 radical (unpaired) electrons. The maximum atomic E-state index is 3.64. The van der Waals surface area contributed by atoms with E-state index in [1.54, 1.807) is 0 Å². The summed E-state index contributed by atoms with van der Waals surface area (Å²) in [6, 6.07) is 7.73. The number of hydrogen-bond donors (Lipinski definition) is 2. The first kappa shape index (κ1) is 12.9. The van der Waals surface area contributed by atoms with Gasteiger partial charge >= 0.3 is 0 Å². The summed E-state index contributed by atoms with van der Waals surface area (Å²) in [5, 5.41) is 7.12. The Bertz CT molecular complexity index is 376. The third-order valence-corrected chi connectivity index (χ3v) is 3.73. The lowest BCUT2D eigenvalue weighted by molar-refractivity contribution is 0.515. The lowest BCUT2D eigenvalue weighted by Gasteiger charge is -2.27. The molecule has 0 aromatic heterocycles. The summed E-state index contributed by atoms with van der Waals surface area (Å²) in [7, 11) is 0. The zero-order chi connectivity index (χ0) is 12.3. The van der Waals surface area contributed by atoms with Gasteiger partial charge < -0.3 is 10.6 Å². The Morgan fingerprint density at radius 3 is 3.06 bits per heavy atom. The predicted octanol–water partition coefficient (Wildman–Crippen LogP) is 3.56. The Kier molecular flexibility index (Phi) is 4.46. The highest BCUT2D eigenvalue weighted by Crippen LogP contribution is 2.28. The molecule has 1 aliphatic heterocycles. The van der Waals surface area contributed by atoms with Crippen molar-refractivity contribution in [2.45, 2.75) is 45.2 Å². The molecule has 1 heterocycles. The number of rotatable bonds is 4. The number of hydrogen-bond acceptors (Lipinski definition) is 2. The van der Waals surface area contributed by atoms with Crippen molar-refractivity contribution in [3.05, 3.63) is 28.2 Å². The maximum Gasteiger partial charge on any atom is 0.0375 e. The van der Waals surface area contributed by atoms with E-state index in [4.69, 9.17) is 0 Å². The lowest BCUT2D eigenvalue weighted by Crippen LogP contribution is -2.32. The molecule has 1 aromatic rings. The summed E-state index contributed by atoms with van der Waals surface area (Å²) in [6.07, 6.45) is 3.63. The second-order valence-electron chi connectivity index (χ2n) is 5.08. The highest BCUT2D eigenvalue weighted by Gasteiger charge is 2.17. The number of anilines is 1. The van der Waals surface area contributed by atoms with Gasteiger partial charge in [0.15, 0.2) is 0 Å². The first-order chi connectivity index (χ1) is 8.15. The number of benzene rings is 1. The van der Waals surface area contributed by atoms with E-state index in [1.165, 1.54) is 35.0 Å². The molecule has 0 amide bonds. The third-order valence-electron chi connectivity index (χ3n) is 3.23. The van der Waals surface area contributed by atoms with Crippen molar-refractivity contribution < 1.29 is 0 Å². The van der Waals surface area contributed by atoms with E-state index in [1.807, 2.05) is 0 Å². The van der Waals surface area contributed by atoms with Crippen molar-refractivity contribution in [3.63, 3.8) is 0 Å². The molecular weight excluding hydrogens is 276 g/mol. The van der Waals surface area contributed by atoms with Crippen LogP contribution in [-0.2, 0) is 6.42 Å². The topological polar surface area (TPSA) is 24.1 Å². The monoisotopic (exact) mass is 296 g/mol. The van der Waals surface area contributed by atoms with Crippen molar-refractivity contribution in [1.29, 1.82) is 0 Å². The average Bonchev–Trinajstić information content (AvgIpc) is 2.29. The van der Waals surface area contributed by atoms with Crippen LogP contribution in [0.2, 0.25) is 0 Å². The summed E-state index contributed by atoms with van der Waals surface area (Å²) in [5.41, 5.74) is 2.75. The minimum Gasteiger partial charge on any atom is -0.382 e. The molecule has 17 heavy (non-hydrogen) atoms. The van der Waals surface area contributed by atoms with Crippen LogP contribution < -0.4 is 10.6 Å². The molecular formula is C14H21BrN2. The Labute approximate surface area is 112 Å². The minimum atomic E-state index is 0.585. The van der Waals surface area contributed by atoms with Crippen molar-refractivity contribution in [3.8, 4) is 0 Å². The highest BCUT2D eigenvalue weighted by atomic mass is 79.9. The molecule has 2 N–H and O–H groups in total. The lowest BCUT2D eigenvalue weighted by atomic mass is 9.96. The van der Waals surface area contributed by atoms with Gasteiger partial charge in [0.1, 0.15) is 0 Å². The standard InChI is InChI=1S/C14H21BrN2/c1-10(2)16-8-7-13-5-3-11-9-12(15)4-6-14(11)17-13/h4,6,9-10,13,16-17H,3,5,7-8H2,1-2H3. The zero-order valence-electron chi connectivity index (χ0n) is 10.6. The fourth-order valence-electron chi connectivity index (χ4n) is 2.29. The summed E-state index contributed by atoms with van der Waals surface area (Å²) in [5.74, 6) is 0. The summed E-state index contributed by atoms with van der Waals surface area (Å²) < 4.78 is 1.18. The second kappa shape index (κ2) is 5.87. The van der Waals surface area contributed by atoms with E-state index >= 15 is 0 Å². The molecule has 2 nitrogen and oxygen atoms in total. The first-order valence-electron chi connectivity index (χ1n) is 6.43. The zero-order valence-corrected chi connectivity index (χ0v) is 12.2. The highest BCUT2D eigenvalue weighted by molar-refractivity contribution is 9.10. The van der Waals surface area contributed by atoms with Crippen molar-refractivity contribution in [2.75, 3.05) is 11.9 Å². The Balaban J connectivity index is 1.88. The van der Waals surface area contributed by atoms with Crippen molar-refractivity contribution in [2.24, 2.45) is 0 Å². The first-order valence-corrected chi connectivity index (χ1v) is 7.23. The van der Waals surface area contributed by atoms with Crippen LogP contribution >= 0.6 is 15.9 Å². The summed E-state index contributed by atoms with van der Waals surface area (Å²) in [4.78, 5) is 0. The number of aryl methyl sites for hydroxylation is 1. The van der Waals surface area contributed by atoms with E-state index in [2.05, 4.69) is 58.6 Å². The Morgan fingerprint density at radius 2 is 2.29 bits per heavy atom. The largest absolute Gasteiger partial charge is 0.382 e. The van der Waals surface area contributed by atoms with E-state index < -0.39 is 0 Å². The SMILES string of the molecule is CC(C)NCCC1CCc2cc(Br)ccc2N1. The minimum absolute atomic E-state index is 0.585. The van der Waals surface area contributed by atoms with Gasteiger partial charge in [-0.2, -0.15) is 0 Å². The fourth-order valence-corrected chi connectivity index (χ4v) is 2.70. The molecule has 0 saturated heterocycles. The summed E-state index contributed by atoms with van der Waals surface area (Å²) >= 11 is 3.53. The molecule has 0 fully saturated rings. The van der Waals surface area contributed by atoms with Crippen LogP contribution in [0.4, 0.5) is 5.69 Å². The summed E-state index contributed by atoms with van der Waals surface area (Å²) in [6.45, 7) is 5.49. The van der Waals surface area contributed by atoms with Crippen LogP contribution in [0.3, 0.4) is 0 Å². The van der Waals surface area contributed by atoms with Gasteiger partial charge in [-0.1, -0.05) is 29.8 Å². The number of halogens is 1. The van der Waals surface area contributed by atoms with E-state index in [0.717, 1.165) is 6.54 Å². The van der Waals surface area contributed by atoms with Crippen molar-refractivity contribution in [1.82, 2.24) is 5.32 Å². The molecule has 1 aliphatic rings.